The van der Waals surface area contributed by atoms with Gasteiger partial charge in [0, 0.05) is 16.1 Å². The lowest BCUT2D eigenvalue weighted by Gasteiger charge is -2.20. The van der Waals surface area contributed by atoms with Crippen LogP contribution >= 0.6 is 23.2 Å². The first kappa shape index (κ1) is 16.4. The topological polar surface area (TPSA) is 72.8 Å². The first-order valence-electron chi connectivity index (χ1n) is 6.75. The molecule has 0 amide bonds. The molecule has 0 saturated heterocycles. The Morgan fingerprint density at radius 3 is 2.50 bits per heavy atom. The largest absolute Gasteiger partial charge is 0.513 e. The first-order chi connectivity index (χ1) is 11.4. The molecule has 122 valence electrons. The minimum absolute atomic E-state index is 0.0892. The number of ketones is 1. The van der Waals surface area contributed by atoms with Gasteiger partial charge >= 0.3 is 6.16 Å². The van der Waals surface area contributed by atoms with Gasteiger partial charge in [-0.15, -0.1) is 0 Å². The second kappa shape index (κ2) is 6.19. The Morgan fingerprint density at radius 2 is 1.83 bits per heavy atom. The summed E-state index contributed by atoms with van der Waals surface area (Å²) in [6, 6.07) is 7.35. The Balaban J connectivity index is 1.92. The second-order valence-electron chi connectivity index (χ2n) is 4.97. The van der Waals surface area contributed by atoms with E-state index in [0.717, 1.165) is 0 Å². The number of phenols is 1. The Kier molecular flexibility index (Phi) is 4.22. The third-order valence-corrected chi connectivity index (χ3v) is 4.05. The van der Waals surface area contributed by atoms with Gasteiger partial charge in [-0.05, 0) is 42.0 Å². The van der Waals surface area contributed by atoms with Crippen molar-refractivity contribution in [2.24, 2.45) is 0 Å². The highest BCUT2D eigenvalue weighted by Gasteiger charge is 2.26. The van der Waals surface area contributed by atoms with Crippen molar-refractivity contribution in [2.45, 2.75) is 0 Å². The van der Waals surface area contributed by atoms with Crippen molar-refractivity contribution in [3.63, 3.8) is 0 Å². The number of aromatic hydroxyl groups is 1. The van der Waals surface area contributed by atoms with E-state index in [4.69, 9.17) is 27.9 Å². The summed E-state index contributed by atoms with van der Waals surface area (Å²) in [7, 11) is 1.19. The molecule has 0 heterocycles. The molecule has 0 aliphatic heterocycles. The molecule has 0 radical (unpaired) electrons. The lowest BCUT2D eigenvalue weighted by Crippen LogP contribution is -2.11. The van der Waals surface area contributed by atoms with Gasteiger partial charge in [-0.3, -0.25) is 4.79 Å². The van der Waals surface area contributed by atoms with Crippen molar-refractivity contribution in [1.82, 2.24) is 0 Å². The zero-order valence-corrected chi connectivity index (χ0v) is 13.8. The maximum absolute atomic E-state index is 12.6. The van der Waals surface area contributed by atoms with E-state index in [9.17, 15) is 14.7 Å². The second-order valence-corrected chi connectivity index (χ2v) is 5.82. The lowest BCUT2D eigenvalue weighted by atomic mass is 9.90. The Morgan fingerprint density at radius 1 is 1.08 bits per heavy atom. The number of ether oxygens (including phenoxy) is 2. The molecule has 0 atom stereocenters. The van der Waals surface area contributed by atoms with E-state index in [1.165, 1.54) is 31.4 Å². The summed E-state index contributed by atoms with van der Waals surface area (Å²) in [5.74, 6) is -0.424. The molecule has 24 heavy (non-hydrogen) atoms. The third kappa shape index (κ3) is 2.84. The highest BCUT2D eigenvalue weighted by atomic mass is 35.5. The van der Waals surface area contributed by atoms with Crippen molar-refractivity contribution in [2.75, 3.05) is 7.11 Å². The Hall–Kier alpha value is -2.50. The summed E-state index contributed by atoms with van der Waals surface area (Å²) in [6.07, 6.45) is 0.700. The summed E-state index contributed by atoms with van der Waals surface area (Å²) < 4.78 is 9.30. The van der Waals surface area contributed by atoms with E-state index in [1.807, 2.05) is 0 Å². The summed E-state index contributed by atoms with van der Waals surface area (Å²) in [5, 5.41) is 10.7. The van der Waals surface area contributed by atoms with Crippen LogP contribution in [0.2, 0.25) is 10.0 Å². The number of carbonyl (C=O) groups is 2. The number of carbonyl (C=O) groups excluding carboxylic acids is 2. The molecule has 0 bridgehead atoms. The average molecular weight is 365 g/mol. The van der Waals surface area contributed by atoms with Crippen LogP contribution in [0.3, 0.4) is 0 Å². The van der Waals surface area contributed by atoms with Crippen LogP contribution in [0, 0.1) is 0 Å². The van der Waals surface area contributed by atoms with Crippen molar-refractivity contribution in [3.8, 4) is 5.75 Å². The maximum Gasteiger partial charge on any atom is 0.513 e. The standard InChI is InChI=1S/C17H10Cl2O5/c1-23-17(22)24-15-5-8-4-12(14(20)7-11(8)15)16(21)10-3-2-9(18)6-13(10)19/h2-7,20H,1H3. The van der Waals surface area contributed by atoms with Crippen LogP contribution < -0.4 is 0 Å². The van der Waals surface area contributed by atoms with E-state index in [1.54, 1.807) is 12.1 Å². The number of fused-ring (bicyclic) bond motifs is 1. The lowest BCUT2D eigenvalue weighted by molar-refractivity contribution is 0.103. The average Bonchev–Trinajstić information content (AvgIpc) is 2.53. The molecule has 0 spiro atoms. The van der Waals surface area contributed by atoms with Crippen LogP contribution in [0.5, 0.6) is 5.75 Å². The first-order valence-corrected chi connectivity index (χ1v) is 7.51. The highest BCUT2D eigenvalue weighted by molar-refractivity contribution is 6.37. The van der Waals surface area contributed by atoms with E-state index >= 15 is 0 Å². The van der Waals surface area contributed by atoms with Gasteiger partial charge < -0.3 is 14.6 Å². The van der Waals surface area contributed by atoms with Crippen molar-refractivity contribution in [1.29, 1.82) is 0 Å². The van der Waals surface area contributed by atoms with Gasteiger partial charge in [0.1, 0.15) is 11.5 Å². The van der Waals surface area contributed by atoms with E-state index in [2.05, 4.69) is 4.74 Å². The predicted molar refractivity (Wildman–Crippen MR) is 89.4 cm³/mol. The molecule has 0 aromatic heterocycles. The molecule has 7 heteroatoms. The number of hydrogen-bond acceptors (Lipinski definition) is 5. The summed E-state index contributed by atoms with van der Waals surface area (Å²) in [6.45, 7) is 0. The fraction of sp³-hybridized carbons (Fsp3) is 0.0588. The normalized spacial score (nSPS) is 11.9. The van der Waals surface area contributed by atoms with Gasteiger partial charge in [-0.25, -0.2) is 4.79 Å². The predicted octanol–water partition coefficient (Wildman–Crippen LogP) is 4.52. The van der Waals surface area contributed by atoms with E-state index < -0.39 is 11.9 Å². The number of hydrogen-bond donors (Lipinski definition) is 1. The molecule has 2 aromatic carbocycles. The van der Waals surface area contributed by atoms with E-state index in [-0.39, 0.29) is 27.7 Å². The van der Waals surface area contributed by atoms with Gasteiger partial charge in [-0.1, -0.05) is 23.2 Å². The minimum atomic E-state index is -0.862. The molecule has 2 aromatic rings. The fourth-order valence-electron chi connectivity index (χ4n) is 2.30. The highest BCUT2D eigenvalue weighted by Crippen LogP contribution is 2.39. The third-order valence-electron chi connectivity index (χ3n) is 3.50. The molecular formula is C17H10Cl2O5. The molecule has 0 saturated carbocycles. The van der Waals surface area contributed by atoms with Gasteiger partial charge in [0.25, 0.3) is 0 Å². The molecule has 1 aliphatic carbocycles. The minimum Gasteiger partial charge on any atom is -0.507 e. The Bertz CT molecular complexity index is 902. The number of methoxy groups -OCH3 is 1. The zero-order valence-electron chi connectivity index (χ0n) is 12.3. The molecule has 1 N–H and O–H groups in total. The smallest absolute Gasteiger partial charge is 0.507 e. The molecule has 1 aliphatic rings. The summed E-state index contributed by atoms with van der Waals surface area (Å²) in [4.78, 5) is 23.7. The molecule has 0 fully saturated rings. The molecule has 0 unspecified atom stereocenters. The molecular weight excluding hydrogens is 355 g/mol. The van der Waals surface area contributed by atoms with Crippen molar-refractivity contribution >= 4 is 47.0 Å². The van der Waals surface area contributed by atoms with Gasteiger partial charge in [-0.2, -0.15) is 0 Å². The van der Waals surface area contributed by atoms with Gasteiger partial charge in [0.05, 0.1) is 17.7 Å². The monoisotopic (exact) mass is 364 g/mol. The summed E-state index contributed by atoms with van der Waals surface area (Å²) >= 11 is 11.9. The van der Waals surface area contributed by atoms with Crippen molar-refractivity contribution < 1.29 is 24.2 Å². The van der Waals surface area contributed by atoms with Crippen LogP contribution in [0.15, 0.2) is 30.3 Å². The van der Waals surface area contributed by atoms with Crippen LogP contribution in [0.4, 0.5) is 4.79 Å². The summed E-state index contributed by atoms with van der Waals surface area (Å²) in [5.41, 5.74) is 1.48. The van der Waals surface area contributed by atoms with E-state index in [0.29, 0.717) is 16.1 Å². The van der Waals surface area contributed by atoms with Gasteiger partial charge in [0.15, 0.2) is 5.78 Å². The Labute approximate surface area is 147 Å². The zero-order chi connectivity index (χ0) is 17.4. The maximum atomic E-state index is 12.6. The number of phenolic OH excluding ortho intramolecular Hbond substituents is 1. The quantitative estimate of drug-likeness (QED) is 0.639. The van der Waals surface area contributed by atoms with Gasteiger partial charge in [0.2, 0.25) is 0 Å². The van der Waals surface area contributed by atoms with Crippen molar-refractivity contribution in [3.05, 3.63) is 62.6 Å². The SMILES string of the molecule is COC(=O)OC1=Cc2cc(C(=O)c3ccc(Cl)cc3Cl)c(O)cc21. The molecule has 5 nitrogen and oxygen atoms in total. The number of benzene rings is 2. The number of rotatable bonds is 3. The fourth-order valence-corrected chi connectivity index (χ4v) is 2.79. The van der Waals surface area contributed by atoms with Crippen LogP contribution in [-0.4, -0.2) is 24.2 Å². The number of halogens is 2. The molecule has 3 rings (SSSR count). The van der Waals surface area contributed by atoms with Crippen LogP contribution in [0.25, 0.3) is 11.8 Å². The van der Waals surface area contributed by atoms with Crippen LogP contribution in [0.1, 0.15) is 27.0 Å². The van der Waals surface area contributed by atoms with Crippen LogP contribution in [-0.2, 0) is 9.47 Å².